The second-order valence-electron chi connectivity index (χ2n) is 2.08. The molecule has 0 spiro atoms. The SMILES string of the molecule is C=C1O[C@@H](C)[C@@H]1C. The van der Waals surface area contributed by atoms with Gasteiger partial charge in [-0.1, -0.05) is 13.5 Å². The summed E-state index contributed by atoms with van der Waals surface area (Å²) >= 11 is 0. The minimum absolute atomic E-state index is 0.410. The second kappa shape index (κ2) is 1.25. The smallest absolute Gasteiger partial charge is 0.105 e. The van der Waals surface area contributed by atoms with Crippen LogP contribution in [0.3, 0.4) is 0 Å². The average molecular weight is 98.1 g/mol. The van der Waals surface area contributed by atoms with Gasteiger partial charge in [-0.15, -0.1) is 0 Å². The van der Waals surface area contributed by atoms with Crippen molar-refractivity contribution in [2.24, 2.45) is 5.92 Å². The van der Waals surface area contributed by atoms with Crippen LogP contribution >= 0.6 is 0 Å². The van der Waals surface area contributed by atoms with Crippen molar-refractivity contribution in [3.8, 4) is 0 Å². The van der Waals surface area contributed by atoms with E-state index >= 15 is 0 Å². The minimum Gasteiger partial charge on any atom is -0.495 e. The lowest BCUT2D eigenvalue weighted by molar-refractivity contribution is -0.0197. The molecule has 7 heavy (non-hydrogen) atoms. The molecule has 1 aliphatic rings. The van der Waals surface area contributed by atoms with Crippen LogP contribution < -0.4 is 0 Å². The van der Waals surface area contributed by atoms with Gasteiger partial charge in [0.2, 0.25) is 0 Å². The predicted octanol–water partition coefficient (Wildman–Crippen LogP) is 1.55. The van der Waals surface area contributed by atoms with Crippen LogP contribution in [0.1, 0.15) is 13.8 Å². The lowest BCUT2D eigenvalue weighted by Crippen LogP contribution is -2.31. The van der Waals surface area contributed by atoms with Crippen molar-refractivity contribution >= 4 is 0 Å². The molecule has 1 saturated heterocycles. The van der Waals surface area contributed by atoms with E-state index in [0.717, 1.165) is 5.76 Å². The van der Waals surface area contributed by atoms with Crippen LogP contribution in [0.15, 0.2) is 12.3 Å². The van der Waals surface area contributed by atoms with Gasteiger partial charge in [-0.05, 0) is 6.92 Å². The van der Waals surface area contributed by atoms with Crippen LogP contribution in [0.4, 0.5) is 0 Å². The summed E-state index contributed by atoms with van der Waals surface area (Å²) in [6, 6.07) is 0. The second-order valence-corrected chi connectivity index (χ2v) is 2.08. The van der Waals surface area contributed by atoms with E-state index in [-0.39, 0.29) is 0 Å². The molecule has 1 nitrogen and oxygen atoms in total. The fourth-order valence-corrected chi connectivity index (χ4v) is 0.638. The molecule has 40 valence electrons. The first-order valence-electron chi connectivity index (χ1n) is 2.57. The third-order valence-electron chi connectivity index (χ3n) is 1.55. The molecule has 1 fully saturated rings. The topological polar surface area (TPSA) is 9.23 Å². The predicted molar refractivity (Wildman–Crippen MR) is 28.9 cm³/mol. The summed E-state index contributed by atoms with van der Waals surface area (Å²) in [4.78, 5) is 0. The van der Waals surface area contributed by atoms with Crippen LogP contribution in [0.25, 0.3) is 0 Å². The van der Waals surface area contributed by atoms with Gasteiger partial charge in [0.05, 0.1) is 5.76 Å². The summed E-state index contributed by atoms with van der Waals surface area (Å²) in [6.45, 7) is 7.85. The molecular formula is C6H10O. The molecule has 1 heteroatoms. The van der Waals surface area contributed by atoms with Crippen LogP contribution in [-0.4, -0.2) is 6.10 Å². The third kappa shape index (κ3) is 0.521. The van der Waals surface area contributed by atoms with E-state index in [1.54, 1.807) is 0 Å². The molecule has 1 aliphatic heterocycles. The maximum atomic E-state index is 5.06. The Bertz CT molecular complexity index is 96.4. The molecule has 2 atom stereocenters. The molecule has 0 aromatic carbocycles. The number of ether oxygens (including phenoxy) is 1. The van der Waals surface area contributed by atoms with Gasteiger partial charge in [0, 0.05) is 5.92 Å². The zero-order chi connectivity index (χ0) is 5.44. The van der Waals surface area contributed by atoms with E-state index in [4.69, 9.17) is 4.74 Å². The summed E-state index contributed by atoms with van der Waals surface area (Å²) in [5.74, 6) is 1.52. The highest BCUT2D eigenvalue weighted by Crippen LogP contribution is 2.28. The first kappa shape index (κ1) is 4.69. The molecule has 0 saturated carbocycles. The van der Waals surface area contributed by atoms with Gasteiger partial charge in [0.1, 0.15) is 6.10 Å². The molecule has 0 aromatic rings. The van der Waals surface area contributed by atoms with E-state index in [9.17, 15) is 0 Å². The largest absolute Gasteiger partial charge is 0.495 e. The standard InChI is InChI=1S/C6H10O/c1-4-5(2)7-6(4)3/h4,6H,2H2,1,3H3/t4-,6+/m1/s1. The summed E-state index contributed by atoms with van der Waals surface area (Å²) in [5, 5.41) is 0. The van der Waals surface area contributed by atoms with Gasteiger partial charge < -0.3 is 4.74 Å². The number of hydrogen-bond acceptors (Lipinski definition) is 1. The Morgan fingerprint density at radius 3 is 2.14 bits per heavy atom. The van der Waals surface area contributed by atoms with Gasteiger partial charge in [0.25, 0.3) is 0 Å². The van der Waals surface area contributed by atoms with Gasteiger partial charge in [-0.3, -0.25) is 0 Å². The molecule has 0 unspecified atom stereocenters. The van der Waals surface area contributed by atoms with Crippen molar-refractivity contribution in [2.75, 3.05) is 0 Å². The monoisotopic (exact) mass is 98.1 g/mol. The fourth-order valence-electron chi connectivity index (χ4n) is 0.638. The van der Waals surface area contributed by atoms with Crippen LogP contribution in [0, 0.1) is 5.92 Å². The molecule has 0 N–H and O–H groups in total. The minimum atomic E-state index is 0.410. The molecule has 1 rings (SSSR count). The first-order valence-corrected chi connectivity index (χ1v) is 2.57. The van der Waals surface area contributed by atoms with E-state index in [1.807, 2.05) is 0 Å². The molecule has 0 aliphatic carbocycles. The zero-order valence-corrected chi connectivity index (χ0v) is 4.77. The highest BCUT2D eigenvalue weighted by atomic mass is 16.5. The Labute approximate surface area is 44.0 Å². The van der Waals surface area contributed by atoms with E-state index in [1.165, 1.54) is 0 Å². The Morgan fingerprint density at radius 2 is 2.14 bits per heavy atom. The first-order chi connectivity index (χ1) is 3.22. The van der Waals surface area contributed by atoms with E-state index in [0.29, 0.717) is 12.0 Å². The van der Waals surface area contributed by atoms with Gasteiger partial charge in [0.15, 0.2) is 0 Å². The Morgan fingerprint density at radius 1 is 1.57 bits per heavy atom. The van der Waals surface area contributed by atoms with Crippen LogP contribution in [0.5, 0.6) is 0 Å². The van der Waals surface area contributed by atoms with Gasteiger partial charge in [-0.25, -0.2) is 0 Å². The van der Waals surface area contributed by atoms with Crippen molar-refractivity contribution in [1.82, 2.24) is 0 Å². The fraction of sp³-hybridized carbons (Fsp3) is 0.667. The van der Waals surface area contributed by atoms with Gasteiger partial charge in [-0.2, -0.15) is 0 Å². The summed E-state index contributed by atoms with van der Waals surface area (Å²) < 4.78 is 5.06. The van der Waals surface area contributed by atoms with Crippen molar-refractivity contribution in [3.63, 3.8) is 0 Å². The third-order valence-corrected chi connectivity index (χ3v) is 1.55. The molecular weight excluding hydrogens is 88.1 g/mol. The molecule has 0 amide bonds. The number of hydrogen-bond donors (Lipinski definition) is 0. The Balaban J connectivity index is 2.43. The van der Waals surface area contributed by atoms with Gasteiger partial charge >= 0.3 is 0 Å². The summed E-state index contributed by atoms with van der Waals surface area (Å²) in [7, 11) is 0. The van der Waals surface area contributed by atoms with E-state index in [2.05, 4.69) is 20.4 Å². The highest BCUT2D eigenvalue weighted by molar-refractivity contribution is 5.01. The van der Waals surface area contributed by atoms with Crippen molar-refractivity contribution < 1.29 is 4.74 Å². The molecule has 0 aromatic heterocycles. The summed E-state index contributed by atoms with van der Waals surface area (Å²) in [5.41, 5.74) is 0. The zero-order valence-electron chi connectivity index (χ0n) is 4.77. The lowest BCUT2D eigenvalue weighted by Gasteiger charge is -2.34. The molecule has 0 radical (unpaired) electrons. The quantitative estimate of drug-likeness (QED) is 0.446. The maximum Gasteiger partial charge on any atom is 0.105 e. The highest BCUT2D eigenvalue weighted by Gasteiger charge is 2.27. The van der Waals surface area contributed by atoms with E-state index < -0.39 is 0 Å². The molecule has 0 bridgehead atoms. The average Bonchev–Trinajstić information content (AvgIpc) is 1.68. The Hall–Kier alpha value is -0.460. The maximum absolute atomic E-state index is 5.06. The normalized spacial score (nSPS) is 39.4. The van der Waals surface area contributed by atoms with Crippen LogP contribution in [0.2, 0.25) is 0 Å². The van der Waals surface area contributed by atoms with Crippen LogP contribution in [-0.2, 0) is 4.74 Å². The lowest BCUT2D eigenvalue weighted by atomic mass is 9.99. The number of rotatable bonds is 0. The van der Waals surface area contributed by atoms with Crippen molar-refractivity contribution in [1.29, 1.82) is 0 Å². The van der Waals surface area contributed by atoms with Crippen molar-refractivity contribution in [2.45, 2.75) is 20.0 Å². The Kier molecular flexibility index (Phi) is 0.841. The molecule has 1 heterocycles. The summed E-state index contributed by atoms with van der Waals surface area (Å²) in [6.07, 6.45) is 0.410. The van der Waals surface area contributed by atoms with Crippen molar-refractivity contribution in [3.05, 3.63) is 12.3 Å².